The first-order chi connectivity index (χ1) is 16.2. The lowest BCUT2D eigenvalue weighted by molar-refractivity contribution is -0.157. The van der Waals surface area contributed by atoms with Crippen molar-refractivity contribution in [2.24, 2.45) is 0 Å². The number of benzene rings is 2. The Kier molecular flexibility index (Phi) is 9.93. The molecule has 9 heteroatoms. The molecule has 0 aliphatic carbocycles. The molecule has 0 bridgehead atoms. The summed E-state index contributed by atoms with van der Waals surface area (Å²) in [5, 5.41) is 5.38. The average Bonchev–Trinajstić information content (AvgIpc) is 2.72. The first-order valence-electron chi connectivity index (χ1n) is 11.2. The van der Waals surface area contributed by atoms with Crippen molar-refractivity contribution in [1.82, 2.24) is 5.32 Å². The Bertz CT molecular complexity index is 1010. The SMILES string of the molecule is CC(C)(C)OC(=O)N[C@@H](Cc1ccc(OCC(=O)Nc2ccc(I)cc2)cc1)C(=O)OC(C)(C)C. The first-order valence-corrected chi connectivity index (χ1v) is 12.3. The molecule has 2 rings (SSSR count). The van der Waals surface area contributed by atoms with Crippen LogP contribution in [0.2, 0.25) is 0 Å². The third-order valence-electron chi connectivity index (χ3n) is 4.24. The standard InChI is InChI=1S/C26H33IN2O6/c1-25(2,3)34-23(31)21(29-24(32)35-26(4,5)6)15-17-7-13-20(14-8-17)33-16-22(30)28-19-11-9-18(27)10-12-19/h7-14,21H,15-16H2,1-6H3,(H,28,30)(H,29,32)/t21-/m0/s1. The largest absolute Gasteiger partial charge is 0.484 e. The molecule has 0 spiro atoms. The number of halogens is 1. The Morgan fingerprint density at radius 3 is 1.97 bits per heavy atom. The van der Waals surface area contributed by atoms with Gasteiger partial charge in [0, 0.05) is 15.7 Å². The van der Waals surface area contributed by atoms with E-state index in [1.807, 2.05) is 24.3 Å². The fourth-order valence-electron chi connectivity index (χ4n) is 2.85. The second kappa shape index (κ2) is 12.2. The van der Waals surface area contributed by atoms with Gasteiger partial charge in [-0.1, -0.05) is 12.1 Å². The number of alkyl carbamates (subject to hydrolysis) is 1. The minimum Gasteiger partial charge on any atom is -0.484 e. The van der Waals surface area contributed by atoms with E-state index in [4.69, 9.17) is 14.2 Å². The zero-order valence-corrected chi connectivity index (χ0v) is 23.1. The van der Waals surface area contributed by atoms with Crippen molar-refractivity contribution < 1.29 is 28.6 Å². The molecule has 1 atom stereocenters. The van der Waals surface area contributed by atoms with E-state index in [1.165, 1.54) is 0 Å². The van der Waals surface area contributed by atoms with Crippen molar-refractivity contribution in [3.8, 4) is 5.75 Å². The Labute approximate surface area is 220 Å². The van der Waals surface area contributed by atoms with E-state index in [-0.39, 0.29) is 18.9 Å². The van der Waals surface area contributed by atoms with Gasteiger partial charge in [-0.2, -0.15) is 0 Å². The molecule has 2 N–H and O–H groups in total. The van der Waals surface area contributed by atoms with Crippen LogP contribution in [-0.2, 0) is 25.5 Å². The van der Waals surface area contributed by atoms with Crippen molar-refractivity contribution in [3.05, 3.63) is 57.7 Å². The van der Waals surface area contributed by atoms with Crippen LogP contribution in [0.4, 0.5) is 10.5 Å². The molecule has 0 radical (unpaired) electrons. The molecule has 0 aliphatic rings. The van der Waals surface area contributed by atoms with Gasteiger partial charge in [0.2, 0.25) is 0 Å². The number of hydrogen-bond acceptors (Lipinski definition) is 6. The highest BCUT2D eigenvalue weighted by Gasteiger charge is 2.29. The van der Waals surface area contributed by atoms with Crippen LogP contribution >= 0.6 is 22.6 Å². The van der Waals surface area contributed by atoms with E-state index in [0.717, 1.165) is 9.13 Å². The normalized spacial score (nSPS) is 12.3. The van der Waals surface area contributed by atoms with Gasteiger partial charge in [0.05, 0.1) is 0 Å². The van der Waals surface area contributed by atoms with E-state index in [1.54, 1.807) is 65.8 Å². The van der Waals surface area contributed by atoms with Crippen molar-refractivity contribution in [2.45, 2.75) is 65.2 Å². The van der Waals surface area contributed by atoms with Gasteiger partial charge in [0.15, 0.2) is 6.61 Å². The molecule has 0 saturated heterocycles. The molecule has 8 nitrogen and oxygen atoms in total. The lowest BCUT2D eigenvalue weighted by Crippen LogP contribution is -2.47. The van der Waals surface area contributed by atoms with Gasteiger partial charge in [-0.3, -0.25) is 4.79 Å². The maximum Gasteiger partial charge on any atom is 0.408 e. The maximum atomic E-state index is 12.7. The van der Waals surface area contributed by atoms with Crippen molar-refractivity contribution in [3.63, 3.8) is 0 Å². The van der Waals surface area contributed by atoms with Gasteiger partial charge >= 0.3 is 12.1 Å². The number of ether oxygens (including phenoxy) is 3. The molecule has 0 heterocycles. The number of nitrogens with one attached hydrogen (secondary N) is 2. The summed E-state index contributed by atoms with van der Waals surface area (Å²) < 4.78 is 17.4. The zero-order chi connectivity index (χ0) is 26.2. The molecule has 0 fully saturated rings. The minimum absolute atomic E-state index is 0.147. The molecular weight excluding hydrogens is 563 g/mol. The molecule has 35 heavy (non-hydrogen) atoms. The van der Waals surface area contributed by atoms with Crippen LogP contribution in [0.25, 0.3) is 0 Å². The zero-order valence-electron chi connectivity index (χ0n) is 20.9. The molecule has 2 amide bonds. The highest BCUT2D eigenvalue weighted by atomic mass is 127. The number of esters is 1. The Morgan fingerprint density at radius 1 is 0.857 bits per heavy atom. The summed E-state index contributed by atoms with van der Waals surface area (Å²) >= 11 is 2.19. The number of rotatable bonds is 8. The predicted octanol–water partition coefficient (Wildman–Crippen LogP) is 5.09. The molecule has 190 valence electrons. The quantitative estimate of drug-likeness (QED) is 0.326. The lowest BCUT2D eigenvalue weighted by atomic mass is 10.1. The van der Waals surface area contributed by atoms with E-state index in [9.17, 15) is 14.4 Å². The number of carbonyl (C=O) groups excluding carboxylic acids is 3. The van der Waals surface area contributed by atoms with Crippen molar-refractivity contribution in [2.75, 3.05) is 11.9 Å². The van der Waals surface area contributed by atoms with Crippen LogP contribution in [0.15, 0.2) is 48.5 Å². The summed E-state index contributed by atoms with van der Waals surface area (Å²) in [6.45, 7) is 10.4. The highest BCUT2D eigenvalue weighted by Crippen LogP contribution is 2.17. The number of hydrogen-bond donors (Lipinski definition) is 2. The van der Waals surface area contributed by atoms with Crippen LogP contribution in [0.1, 0.15) is 47.1 Å². The van der Waals surface area contributed by atoms with Crippen LogP contribution in [-0.4, -0.2) is 41.8 Å². The second-order valence-corrected chi connectivity index (χ2v) is 11.2. The van der Waals surface area contributed by atoms with Crippen LogP contribution in [0.5, 0.6) is 5.75 Å². The monoisotopic (exact) mass is 596 g/mol. The molecule has 0 aromatic heterocycles. The summed E-state index contributed by atoms with van der Waals surface area (Å²) in [6.07, 6.45) is -0.505. The summed E-state index contributed by atoms with van der Waals surface area (Å²) in [5.41, 5.74) is 0.0571. The van der Waals surface area contributed by atoms with Gasteiger partial charge in [-0.05, 0) is 106 Å². The van der Waals surface area contributed by atoms with E-state index < -0.39 is 29.3 Å². The number of carbonyl (C=O) groups is 3. The maximum absolute atomic E-state index is 12.7. The number of amides is 2. The predicted molar refractivity (Wildman–Crippen MR) is 142 cm³/mol. The topological polar surface area (TPSA) is 103 Å². The Balaban J connectivity index is 1.98. The van der Waals surface area contributed by atoms with E-state index >= 15 is 0 Å². The third kappa shape index (κ3) is 11.4. The smallest absolute Gasteiger partial charge is 0.408 e. The minimum atomic E-state index is -0.935. The van der Waals surface area contributed by atoms with Crippen molar-refractivity contribution >= 4 is 46.2 Å². The van der Waals surface area contributed by atoms with Gasteiger partial charge < -0.3 is 24.8 Å². The van der Waals surface area contributed by atoms with Gasteiger partial charge in [0.25, 0.3) is 5.91 Å². The lowest BCUT2D eigenvalue weighted by Gasteiger charge is -2.26. The average molecular weight is 596 g/mol. The fourth-order valence-corrected chi connectivity index (χ4v) is 3.21. The molecule has 0 saturated carbocycles. The van der Waals surface area contributed by atoms with Gasteiger partial charge in [-0.15, -0.1) is 0 Å². The second-order valence-electron chi connectivity index (χ2n) is 9.92. The summed E-state index contributed by atoms with van der Waals surface area (Å²) in [6, 6.07) is 13.4. The molecule has 2 aromatic rings. The Hall–Kier alpha value is -2.82. The van der Waals surface area contributed by atoms with Gasteiger partial charge in [0.1, 0.15) is 23.0 Å². The van der Waals surface area contributed by atoms with Crippen molar-refractivity contribution in [1.29, 1.82) is 0 Å². The van der Waals surface area contributed by atoms with Crippen LogP contribution in [0, 0.1) is 3.57 Å². The molecule has 0 aliphatic heterocycles. The van der Waals surface area contributed by atoms with E-state index in [0.29, 0.717) is 11.4 Å². The third-order valence-corrected chi connectivity index (χ3v) is 4.96. The molecule has 0 unspecified atom stereocenters. The molecule has 2 aromatic carbocycles. The number of anilines is 1. The summed E-state index contributed by atoms with van der Waals surface area (Å²) in [5.74, 6) is -0.335. The highest BCUT2D eigenvalue weighted by molar-refractivity contribution is 14.1. The summed E-state index contributed by atoms with van der Waals surface area (Å²) in [7, 11) is 0. The summed E-state index contributed by atoms with van der Waals surface area (Å²) in [4.78, 5) is 37.1. The first kappa shape index (κ1) is 28.4. The van der Waals surface area contributed by atoms with Gasteiger partial charge in [-0.25, -0.2) is 9.59 Å². The van der Waals surface area contributed by atoms with E-state index in [2.05, 4.69) is 33.2 Å². The fraction of sp³-hybridized carbons (Fsp3) is 0.423. The molecular formula is C26H33IN2O6. The van der Waals surface area contributed by atoms with Crippen LogP contribution < -0.4 is 15.4 Å². The Morgan fingerprint density at radius 2 is 1.43 bits per heavy atom. The van der Waals surface area contributed by atoms with Crippen LogP contribution in [0.3, 0.4) is 0 Å².